The molecule has 0 atom stereocenters. The third-order valence-corrected chi connectivity index (χ3v) is 4.67. The van der Waals surface area contributed by atoms with Crippen molar-refractivity contribution in [3.05, 3.63) is 60.3 Å². The minimum atomic E-state index is -3.86. The van der Waals surface area contributed by atoms with E-state index < -0.39 is 21.8 Å². The lowest BCUT2D eigenvalue weighted by Crippen LogP contribution is -2.27. The topological polar surface area (TPSA) is 89.5 Å². The number of carbonyl (C=O) groups is 1. The van der Waals surface area contributed by atoms with E-state index in [4.69, 9.17) is 0 Å². The summed E-state index contributed by atoms with van der Waals surface area (Å²) in [5.74, 6) is -1.30. The van der Waals surface area contributed by atoms with Crippen LogP contribution in [0.1, 0.15) is 10.5 Å². The van der Waals surface area contributed by atoms with Gasteiger partial charge in [-0.1, -0.05) is 12.1 Å². The Kier molecular flexibility index (Phi) is 4.56. The van der Waals surface area contributed by atoms with Crippen molar-refractivity contribution in [1.29, 1.82) is 0 Å². The van der Waals surface area contributed by atoms with Crippen LogP contribution < -0.4 is 4.31 Å². The molecule has 9 heteroatoms. The first kappa shape index (κ1) is 17.7. The van der Waals surface area contributed by atoms with Crippen molar-refractivity contribution in [3.63, 3.8) is 0 Å². The van der Waals surface area contributed by atoms with Gasteiger partial charge in [0.15, 0.2) is 5.69 Å². The van der Waals surface area contributed by atoms with E-state index in [2.05, 4.69) is 14.7 Å². The van der Waals surface area contributed by atoms with Crippen LogP contribution in [-0.4, -0.2) is 37.7 Å². The van der Waals surface area contributed by atoms with Gasteiger partial charge in [0.2, 0.25) is 10.0 Å². The molecule has 2 heterocycles. The molecule has 0 bridgehead atoms. The second kappa shape index (κ2) is 6.68. The Hall–Kier alpha value is -3.07. The molecule has 7 nitrogen and oxygen atoms in total. The van der Waals surface area contributed by atoms with Crippen molar-refractivity contribution in [2.75, 3.05) is 17.7 Å². The monoisotopic (exact) mass is 375 g/mol. The molecule has 0 unspecified atom stereocenters. The second-order valence-electron chi connectivity index (χ2n) is 5.40. The molecule has 0 aliphatic heterocycles. The normalized spacial score (nSPS) is 11.3. The van der Waals surface area contributed by atoms with Crippen LogP contribution in [0.25, 0.3) is 10.9 Å². The highest BCUT2D eigenvalue weighted by molar-refractivity contribution is 7.92. The highest BCUT2D eigenvalue weighted by atomic mass is 32.2. The number of anilines is 2. The van der Waals surface area contributed by atoms with Crippen LogP contribution in [-0.2, 0) is 14.8 Å². The minimum Gasteiger partial charge on any atom is -0.464 e. The lowest BCUT2D eigenvalue weighted by atomic mass is 10.2. The van der Waals surface area contributed by atoms with Gasteiger partial charge in [0.1, 0.15) is 11.3 Å². The number of aromatic nitrogens is 2. The van der Waals surface area contributed by atoms with Crippen molar-refractivity contribution < 1.29 is 22.3 Å². The average Bonchev–Trinajstić information content (AvgIpc) is 2.60. The fourth-order valence-electron chi connectivity index (χ4n) is 2.55. The Morgan fingerprint density at radius 2 is 1.96 bits per heavy atom. The Labute approximate surface area is 149 Å². The molecule has 0 N–H and O–H groups in total. The fraction of sp³-hybridized carbons (Fsp3) is 0.118. The van der Waals surface area contributed by atoms with E-state index in [9.17, 15) is 17.6 Å². The van der Waals surface area contributed by atoms with Gasteiger partial charge in [-0.15, -0.1) is 0 Å². The van der Waals surface area contributed by atoms with Crippen molar-refractivity contribution >= 4 is 38.3 Å². The molecule has 2 aromatic heterocycles. The van der Waals surface area contributed by atoms with Crippen molar-refractivity contribution in [3.8, 4) is 0 Å². The summed E-state index contributed by atoms with van der Waals surface area (Å²) in [7, 11) is -2.69. The zero-order valence-electron chi connectivity index (χ0n) is 13.9. The number of halogens is 1. The molecule has 0 spiro atoms. The summed E-state index contributed by atoms with van der Waals surface area (Å²) in [6.45, 7) is 0. The van der Waals surface area contributed by atoms with Crippen LogP contribution in [0.3, 0.4) is 0 Å². The van der Waals surface area contributed by atoms with E-state index in [0.717, 1.165) is 10.6 Å². The summed E-state index contributed by atoms with van der Waals surface area (Å²) >= 11 is 0. The first-order valence-electron chi connectivity index (χ1n) is 7.41. The Morgan fingerprint density at radius 3 is 2.65 bits per heavy atom. The maximum Gasteiger partial charge on any atom is 0.358 e. The molecule has 0 aliphatic rings. The third kappa shape index (κ3) is 3.21. The van der Waals surface area contributed by atoms with Gasteiger partial charge < -0.3 is 4.74 Å². The van der Waals surface area contributed by atoms with Crippen molar-refractivity contribution in [2.45, 2.75) is 0 Å². The molecule has 1 aromatic carbocycles. The molecule has 0 saturated carbocycles. The van der Waals surface area contributed by atoms with E-state index in [0.29, 0.717) is 5.39 Å². The first-order valence-corrected chi connectivity index (χ1v) is 9.25. The molecular formula is C17H14FN3O4S. The lowest BCUT2D eigenvalue weighted by Gasteiger charge is -2.23. The molecule has 134 valence electrons. The van der Waals surface area contributed by atoms with E-state index in [1.165, 1.54) is 49.8 Å². The fourth-order valence-corrected chi connectivity index (χ4v) is 3.53. The summed E-state index contributed by atoms with van der Waals surface area (Å²) in [5, 5.41) is 0.416. The number of sulfonamides is 1. The summed E-state index contributed by atoms with van der Waals surface area (Å²) in [4.78, 5) is 19.9. The van der Waals surface area contributed by atoms with Gasteiger partial charge in [0.05, 0.1) is 30.9 Å². The molecular weight excluding hydrogens is 361 g/mol. The molecule has 3 aromatic rings. The number of hydrogen-bond acceptors (Lipinski definition) is 6. The van der Waals surface area contributed by atoms with Crippen molar-refractivity contribution in [1.82, 2.24) is 9.97 Å². The summed E-state index contributed by atoms with van der Waals surface area (Å²) < 4.78 is 44.3. The first-order chi connectivity index (χ1) is 12.3. The second-order valence-corrected chi connectivity index (χ2v) is 7.23. The third-order valence-electron chi connectivity index (χ3n) is 3.60. The summed E-state index contributed by atoms with van der Waals surface area (Å²) in [6, 6.07) is 8.77. The van der Waals surface area contributed by atoms with Gasteiger partial charge in [-0.3, -0.25) is 4.98 Å². The molecule has 3 rings (SSSR count). The molecule has 0 fully saturated rings. The van der Waals surface area contributed by atoms with Crippen LogP contribution in [0.15, 0.2) is 48.8 Å². The zero-order valence-corrected chi connectivity index (χ0v) is 14.7. The molecule has 0 radical (unpaired) electrons. The largest absolute Gasteiger partial charge is 0.464 e. The Balaban J connectivity index is 2.26. The number of nitrogens with zero attached hydrogens (tertiary/aromatic N) is 3. The van der Waals surface area contributed by atoms with Gasteiger partial charge in [0.25, 0.3) is 0 Å². The standard InChI is InChI=1S/C17H14FN3O4S/c1-25-17(22)16-14(7-4-8-19-16)21(26(2,23)24)12-9-11-5-3-6-13(18)15(11)20-10-12/h3-10H,1-2H3. The van der Waals surface area contributed by atoms with E-state index in [-0.39, 0.29) is 22.6 Å². The number of ether oxygens (including phenoxy) is 1. The van der Waals surface area contributed by atoms with Gasteiger partial charge in [0, 0.05) is 11.6 Å². The predicted octanol–water partition coefficient (Wildman–Crippen LogP) is 2.65. The number of fused-ring (bicyclic) bond motifs is 1. The van der Waals surface area contributed by atoms with Crippen LogP contribution in [0.5, 0.6) is 0 Å². The quantitative estimate of drug-likeness (QED) is 0.651. The van der Waals surface area contributed by atoms with Gasteiger partial charge in [-0.2, -0.15) is 0 Å². The Bertz CT molecular complexity index is 1100. The number of rotatable bonds is 4. The molecule has 26 heavy (non-hydrogen) atoms. The number of esters is 1. The maximum atomic E-state index is 13.8. The minimum absolute atomic E-state index is 0.0133. The van der Waals surface area contributed by atoms with Crippen LogP contribution >= 0.6 is 0 Å². The van der Waals surface area contributed by atoms with E-state index >= 15 is 0 Å². The van der Waals surface area contributed by atoms with Crippen LogP contribution in [0, 0.1) is 5.82 Å². The summed E-state index contributed by atoms with van der Waals surface area (Å²) in [5.41, 5.74) is 0.104. The Morgan fingerprint density at radius 1 is 1.19 bits per heavy atom. The average molecular weight is 375 g/mol. The van der Waals surface area contributed by atoms with E-state index in [1.807, 2.05) is 0 Å². The van der Waals surface area contributed by atoms with Gasteiger partial charge in [-0.25, -0.2) is 26.9 Å². The number of carbonyl (C=O) groups excluding carboxylic acids is 1. The highest BCUT2D eigenvalue weighted by Gasteiger charge is 2.27. The van der Waals surface area contributed by atoms with Gasteiger partial charge in [-0.05, 0) is 24.3 Å². The SMILES string of the molecule is COC(=O)c1ncccc1N(c1cnc2c(F)cccc2c1)S(C)(=O)=O. The molecule has 0 aliphatic carbocycles. The number of methoxy groups -OCH3 is 1. The van der Waals surface area contributed by atoms with Crippen LogP contribution in [0.4, 0.5) is 15.8 Å². The highest BCUT2D eigenvalue weighted by Crippen LogP contribution is 2.32. The van der Waals surface area contributed by atoms with Crippen LogP contribution in [0.2, 0.25) is 0 Å². The van der Waals surface area contributed by atoms with Gasteiger partial charge >= 0.3 is 5.97 Å². The lowest BCUT2D eigenvalue weighted by molar-refractivity contribution is 0.0595. The summed E-state index contributed by atoms with van der Waals surface area (Å²) in [6.07, 6.45) is 3.56. The molecule has 0 saturated heterocycles. The molecule has 0 amide bonds. The zero-order chi connectivity index (χ0) is 18.9. The predicted molar refractivity (Wildman–Crippen MR) is 94.3 cm³/mol. The smallest absolute Gasteiger partial charge is 0.358 e. The number of hydrogen-bond donors (Lipinski definition) is 0. The maximum absolute atomic E-state index is 13.8. The number of pyridine rings is 2. The number of para-hydroxylation sites is 1. The van der Waals surface area contributed by atoms with E-state index in [1.54, 1.807) is 6.07 Å². The van der Waals surface area contributed by atoms with Crippen molar-refractivity contribution in [2.24, 2.45) is 0 Å². The number of benzene rings is 1.